The lowest BCUT2D eigenvalue weighted by Crippen LogP contribution is -2.23. The molecule has 6 nitrogen and oxygen atoms in total. The van der Waals surface area contributed by atoms with Crippen molar-refractivity contribution in [1.82, 2.24) is 19.7 Å². The molecular weight excluding hydrogens is 318 g/mol. The van der Waals surface area contributed by atoms with Crippen molar-refractivity contribution in [3.8, 4) is 0 Å². The summed E-state index contributed by atoms with van der Waals surface area (Å²) in [5.41, 5.74) is 0.665. The number of rotatable bonds is 4. The van der Waals surface area contributed by atoms with Crippen LogP contribution in [0.25, 0.3) is 11.0 Å². The van der Waals surface area contributed by atoms with E-state index in [9.17, 15) is 18.4 Å². The van der Waals surface area contributed by atoms with Crippen molar-refractivity contribution in [2.24, 2.45) is 0 Å². The third kappa shape index (κ3) is 2.86. The maximum absolute atomic E-state index is 12.8. The summed E-state index contributed by atoms with van der Waals surface area (Å²) < 4.78 is 27.0. The molecule has 2 N–H and O–H groups in total. The standard InChI is InChI=1S/C16H16F2N4O2/c1-8-3-5-10(6-4-8)9(2)22-14-13(11(21-22)7-12(17)18)15(23)20-16(24)19-14/h3-6,9,12H,7H2,1-2H3,(H2,19,20,23,24)/t9-/m1/s1. The van der Waals surface area contributed by atoms with Crippen LogP contribution in [0.15, 0.2) is 33.9 Å². The number of hydrogen-bond acceptors (Lipinski definition) is 3. The van der Waals surface area contributed by atoms with E-state index in [1.165, 1.54) is 4.68 Å². The van der Waals surface area contributed by atoms with Gasteiger partial charge < -0.3 is 0 Å². The molecule has 0 aliphatic rings. The molecule has 0 saturated carbocycles. The SMILES string of the molecule is Cc1ccc([C@@H](C)n2nc(CC(F)F)c3c(=O)[nH]c(=O)[nH]c32)cc1. The van der Waals surface area contributed by atoms with Gasteiger partial charge in [0.05, 0.1) is 18.2 Å². The number of halogens is 2. The van der Waals surface area contributed by atoms with E-state index in [-0.39, 0.29) is 22.8 Å². The zero-order valence-electron chi connectivity index (χ0n) is 13.1. The van der Waals surface area contributed by atoms with Crippen LogP contribution in [0.4, 0.5) is 8.78 Å². The number of aromatic amines is 2. The zero-order chi connectivity index (χ0) is 17.4. The minimum absolute atomic E-state index is 0.00568. The highest BCUT2D eigenvalue weighted by Gasteiger charge is 2.21. The molecule has 3 rings (SSSR count). The molecule has 1 aromatic carbocycles. The van der Waals surface area contributed by atoms with Crippen molar-refractivity contribution in [1.29, 1.82) is 0 Å². The third-order valence-corrected chi connectivity index (χ3v) is 3.94. The maximum Gasteiger partial charge on any atom is 0.327 e. The van der Waals surface area contributed by atoms with Crippen LogP contribution in [0.2, 0.25) is 0 Å². The van der Waals surface area contributed by atoms with Crippen LogP contribution in [0.1, 0.15) is 29.8 Å². The first kappa shape index (κ1) is 16.1. The van der Waals surface area contributed by atoms with Crippen LogP contribution in [-0.2, 0) is 6.42 Å². The molecule has 0 radical (unpaired) electrons. The summed E-state index contributed by atoms with van der Waals surface area (Å²) in [4.78, 5) is 28.2. The number of aryl methyl sites for hydroxylation is 1. The second kappa shape index (κ2) is 6.03. The number of hydrogen-bond donors (Lipinski definition) is 2. The minimum atomic E-state index is -2.64. The Balaban J connectivity index is 2.22. The highest BCUT2D eigenvalue weighted by atomic mass is 19.3. The number of aromatic nitrogens is 4. The lowest BCUT2D eigenvalue weighted by Gasteiger charge is -2.14. The van der Waals surface area contributed by atoms with Gasteiger partial charge in [0, 0.05) is 0 Å². The highest BCUT2D eigenvalue weighted by Crippen LogP contribution is 2.23. The van der Waals surface area contributed by atoms with Crippen molar-refractivity contribution in [3.63, 3.8) is 0 Å². The molecule has 24 heavy (non-hydrogen) atoms. The van der Waals surface area contributed by atoms with E-state index in [1.54, 1.807) is 0 Å². The first-order chi connectivity index (χ1) is 11.4. The lowest BCUT2D eigenvalue weighted by molar-refractivity contribution is 0.148. The Bertz CT molecular complexity index is 986. The van der Waals surface area contributed by atoms with E-state index in [2.05, 4.69) is 15.1 Å². The van der Waals surface area contributed by atoms with Crippen LogP contribution < -0.4 is 11.2 Å². The molecule has 0 aliphatic carbocycles. The number of nitrogens with zero attached hydrogens (tertiary/aromatic N) is 2. The van der Waals surface area contributed by atoms with E-state index >= 15 is 0 Å². The molecule has 0 spiro atoms. The molecule has 0 aliphatic heterocycles. The average molecular weight is 334 g/mol. The number of nitrogens with one attached hydrogen (secondary N) is 2. The normalized spacial score (nSPS) is 12.9. The molecule has 2 heterocycles. The van der Waals surface area contributed by atoms with Crippen LogP contribution in [0.3, 0.4) is 0 Å². The Labute approximate surface area is 135 Å². The van der Waals surface area contributed by atoms with Crippen molar-refractivity contribution in [3.05, 3.63) is 61.9 Å². The van der Waals surface area contributed by atoms with Gasteiger partial charge in [-0.2, -0.15) is 5.10 Å². The molecule has 126 valence electrons. The molecule has 0 fully saturated rings. The Hall–Kier alpha value is -2.77. The number of alkyl halides is 2. The van der Waals surface area contributed by atoms with Crippen molar-refractivity contribution < 1.29 is 8.78 Å². The van der Waals surface area contributed by atoms with E-state index in [4.69, 9.17) is 0 Å². The van der Waals surface area contributed by atoms with Gasteiger partial charge in [0.2, 0.25) is 6.43 Å². The summed E-state index contributed by atoms with van der Waals surface area (Å²) in [7, 11) is 0. The zero-order valence-corrected chi connectivity index (χ0v) is 13.1. The van der Waals surface area contributed by atoms with Crippen LogP contribution in [-0.4, -0.2) is 26.2 Å². The van der Waals surface area contributed by atoms with Gasteiger partial charge >= 0.3 is 5.69 Å². The predicted molar refractivity (Wildman–Crippen MR) is 85.7 cm³/mol. The fourth-order valence-corrected chi connectivity index (χ4v) is 2.70. The van der Waals surface area contributed by atoms with Gasteiger partial charge in [-0.05, 0) is 19.4 Å². The van der Waals surface area contributed by atoms with Crippen LogP contribution in [0, 0.1) is 6.92 Å². The van der Waals surface area contributed by atoms with E-state index < -0.39 is 24.1 Å². The number of H-pyrrole nitrogens is 2. The molecule has 0 amide bonds. The average Bonchev–Trinajstić information content (AvgIpc) is 2.85. The second-order valence-electron chi connectivity index (χ2n) is 5.70. The van der Waals surface area contributed by atoms with Crippen LogP contribution >= 0.6 is 0 Å². The molecule has 3 aromatic rings. The Morgan fingerprint density at radius 2 is 1.83 bits per heavy atom. The monoisotopic (exact) mass is 334 g/mol. The van der Waals surface area contributed by atoms with Gasteiger partial charge in [-0.3, -0.25) is 14.8 Å². The van der Waals surface area contributed by atoms with Gasteiger partial charge in [-0.25, -0.2) is 18.3 Å². The summed E-state index contributed by atoms with van der Waals surface area (Å²) in [5, 5.41) is 4.17. The number of benzene rings is 1. The first-order valence-electron chi connectivity index (χ1n) is 7.45. The molecule has 2 aromatic heterocycles. The Morgan fingerprint density at radius 1 is 1.17 bits per heavy atom. The van der Waals surface area contributed by atoms with Gasteiger partial charge in [-0.1, -0.05) is 29.8 Å². The van der Waals surface area contributed by atoms with E-state index in [0.29, 0.717) is 0 Å². The fraction of sp³-hybridized carbons (Fsp3) is 0.312. The Morgan fingerprint density at radius 3 is 2.46 bits per heavy atom. The van der Waals surface area contributed by atoms with Gasteiger partial charge in [0.15, 0.2) is 0 Å². The largest absolute Gasteiger partial charge is 0.327 e. The lowest BCUT2D eigenvalue weighted by atomic mass is 10.1. The smallest absolute Gasteiger partial charge is 0.292 e. The van der Waals surface area contributed by atoms with Crippen molar-refractivity contribution in [2.45, 2.75) is 32.7 Å². The van der Waals surface area contributed by atoms with E-state index in [1.807, 2.05) is 38.1 Å². The second-order valence-corrected chi connectivity index (χ2v) is 5.70. The summed E-state index contributed by atoms with van der Waals surface area (Å²) in [6.07, 6.45) is -3.29. The summed E-state index contributed by atoms with van der Waals surface area (Å²) in [6, 6.07) is 7.30. The molecule has 0 bridgehead atoms. The predicted octanol–water partition coefficient (Wildman–Crippen LogP) is 2.14. The summed E-state index contributed by atoms with van der Waals surface area (Å²) >= 11 is 0. The molecule has 0 unspecified atom stereocenters. The maximum atomic E-state index is 12.8. The van der Waals surface area contributed by atoms with Gasteiger partial charge in [0.1, 0.15) is 11.0 Å². The van der Waals surface area contributed by atoms with E-state index in [0.717, 1.165) is 11.1 Å². The third-order valence-electron chi connectivity index (χ3n) is 3.94. The summed E-state index contributed by atoms with van der Waals surface area (Å²) in [5.74, 6) is 0. The Kier molecular flexibility index (Phi) is 4.04. The quantitative estimate of drug-likeness (QED) is 0.767. The topological polar surface area (TPSA) is 83.5 Å². The summed E-state index contributed by atoms with van der Waals surface area (Å²) in [6.45, 7) is 3.78. The first-order valence-corrected chi connectivity index (χ1v) is 7.45. The molecular formula is C16H16F2N4O2. The minimum Gasteiger partial charge on any atom is -0.292 e. The van der Waals surface area contributed by atoms with Crippen molar-refractivity contribution in [2.75, 3.05) is 0 Å². The molecule has 1 atom stereocenters. The number of fused-ring (bicyclic) bond motifs is 1. The van der Waals surface area contributed by atoms with Crippen LogP contribution in [0.5, 0.6) is 0 Å². The van der Waals surface area contributed by atoms with Crippen molar-refractivity contribution >= 4 is 11.0 Å². The van der Waals surface area contributed by atoms with Gasteiger partial charge in [0.25, 0.3) is 5.56 Å². The fourth-order valence-electron chi connectivity index (χ4n) is 2.70. The molecule has 8 heteroatoms. The van der Waals surface area contributed by atoms with Gasteiger partial charge in [-0.15, -0.1) is 0 Å². The molecule has 0 saturated heterocycles. The highest BCUT2D eigenvalue weighted by molar-refractivity contribution is 5.77.